The van der Waals surface area contributed by atoms with E-state index >= 15 is 4.39 Å². The average molecular weight is 611 g/mol. The molecule has 12 nitrogen and oxygen atoms in total. The van der Waals surface area contributed by atoms with Crippen LogP contribution in [-0.2, 0) is 0 Å². The molecule has 0 radical (unpaired) electrons. The number of amides is 1. The zero-order valence-electron chi connectivity index (χ0n) is 24.5. The standard InChI is InChI=1S/C30H32F2N6O6/c1-15(2)23-25(22(8-9-33-23)44-11-10-39)38-28-19(12-21(32)24(34-28)18-6-5-7-20(31)26(18)40)27(35-29(38)41)36-13-17(4)37(30(42)43)14-16(36)3/h5-9,12,15-17,39-40H,10-11,13-14H2,1-4H3,(H,42,43)/t16-,17+/m0/s1. The minimum Gasteiger partial charge on any atom is -0.504 e. The molecule has 232 valence electrons. The highest BCUT2D eigenvalue weighted by atomic mass is 19.1. The van der Waals surface area contributed by atoms with Gasteiger partial charge >= 0.3 is 11.8 Å². The molecule has 1 aliphatic rings. The lowest BCUT2D eigenvalue weighted by Gasteiger charge is -2.43. The maximum Gasteiger partial charge on any atom is 0.407 e. The predicted octanol–water partition coefficient (Wildman–Crippen LogP) is 3.90. The first-order valence-electron chi connectivity index (χ1n) is 14.0. The topological polar surface area (TPSA) is 154 Å². The number of phenols is 1. The quantitative estimate of drug-likeness (QED) is 0.281. The monoisotopic (exact) mass is 610 g/mol. The highest BCUT2D eigenvalue weighted by Gasteiger charge is 2.35. The lowest BCUT2D eigenvalue weighted by Crippen LogP contribution is -2.58. The first kappa shape index (κ1) is 30.6. The van der Waals surface area contributed by atoms with E-state index in [2.05, 4.69) is 15.0 Å². The van der Waals surface area contributed by atoms with Gasteiger partial charge in [-0.3, -0.25) is 4.98 Å². The van der Waals surface area contributed by atoms with Crippen molar-refractivity contribution in [2.24, 2.45) is 0 Å². The molecule has 0 unspecified atom stereocenters. The van der Waals surface area contributed by atoms with Crippen molar-refractivity contribution >= 4 is 22.9 Å². The number of phenolic OH excluding ortho intramolecular Hbond substituents is 1. The molecule has 44 heavy (non-hydrogen) atoms. The molecule has 3 N–H and O–H groups in total. The minimum absolute atomic E-state index is 0.0793. The highest BCUT2D eigenvalue weighted by Crippen LogP contribution is 2.38. The van der Waals surface area contributed by atoms with Crippen molar-refractivity contribution in [3.63, 3.8) is 0 Å². The summed E-state index contributed by atoms with van der Waals surface area (Å²) in [7, 11) is 0. The van der Waals surface area contributed by atoms with Crippen LogP contribution in [0.25, 0.3) is 28.0 Å². The summed E-state index contributed by atoms with van der Waals surface area (Å²) < 4.78 is 37.2. The molecule has 1 aliphatic heterocycles. The molecule has 14 heteroatoms. The van der Waals surface area contributed by atoms with Crippen LogP contribution in [0.15, 0.2) is 41.3 Å². The van der Waals surface area contributed by atoms with Gasteiger partial charge in [0.15, 0.2) is 23.0 Å². The van der Waals surface area contributed by atoms with Gasteiger partial charge in [0.2, 0.25) is 0 Å². The van der Waals surface area contributed by atoms with E-state index in [1.54, 1.807) is 18.7 Å². The largest absolute Gasteiger partial charge is 0.504 e. The molecule has 2 atom stereocenters. The molecule has 1 saturated heterocycles. The van der Waals surface area contributed by atoms with Gasteiger partial charge in [-0.25, -0.2) is 27.9 Å². The summed E-state index contributed by atoms with van der Waals surface area (Å²) >= 11 is 0. The van der Waals surface area contributed by atoms with Gasteiger partial charge in [0.1, 0.15) is 29.6 Å². The van der Waals surface area contributed by atoms with E-state index < -0.39 is 46.9 Å². The first-order chi connectivity index (χ1) is 20.9. The first-order valence-corrected chi connectivity index (χ1v) is 14.0. The van der Waals surface area contributed by atoms with Gasteiger partial charge in [-0.15, -0.1) is 0 Å². The third-order valence-electron chi connectivity index (χ3n) is 7.58. The van der Waals surface area contributed by atoms with Crippen LogP contribution in [0.4, 0.5) is 19.4 Å². The zero-order chi connectivity index (χ0) is 31.9. The summed E-state index contributed by atoms with van der Waals surface area (Å²) in [4.78, 5) is 42.2. The number of anilines is 1. The second-order valence-electron chi connectivity index (χ2n) is 10.9. The fourth-order valence-corrected chi connectivity index (χ4v) is 5.48. The number of aromatic hydroxyl groups is 1. The van der Waals surface area contributed by atoms with E-state index in [-0.39, 0.29) is 66.1 Å². The number of ether oxygens (including phenoxy) is 1. The number of piperazine rings is 1. The van der Waals surface area contributed by atoms with Gasteiger partial charge in [-0.05, 0) is 38.0 Å². The van der Waals surface area contributed by atoms with Crippen molar-refractivity contribution in [1.82, 2.24) is 24.4 Å². The Hall–Kier alpha value is -4.85. The second-order valence-corrected chi connectivity index (χ2v) is 10.9. The molecule has 0 saturated carbocycles. The van der Waals surface area contributed by atoms with Crippen molar-refractivity contribution in [3.8, 4) is 28.4 Å². The van der Waals surface area contributed by atoms with E-state index in [1.165, 1.54) is 29.3 Å². The maximum absolute atomic E-state index is 15.9. The van der Waals surface area contributed by atoms with Crippen LogP contribution in [0.1, 0.15) is 39.3 Å². The lowest BCUT2D eigenvalue weighted by molar-refractivity contribution is 0.114. The van der Waals surface area contributed by atoms with Crippen molar-refractivity contribution in [2.45, 2.75) is 45.7 Å². The molecule has 0 bridgehead atoms. The molecule has 4 heterocycles. The van der Waals surface area contributed by atoms with Gasteiger partial charge in [0.25, 0.3) is 0 Å². The number of halogens is 2. The number of carboxylic acid groups (broad SMARTS) is 1. The molecule has 3 aromatic heterocycles. The van der Waals surface area contributed by atoms with Crippen LogP contribution in [0.5, 0.6) is 11.5 Å². The molecule has 4 aromatic rings. The molecule has 1 fully saturated rings. The fourth-order valence-electron chi connectivity index (χ4n) is 5.48. The number of para-hydroxylation sites is 1. The van der Waals surface area contributed by atoms with Crippen LogP contribution in [-0.4, -0.2) is 84.2 Å². The summed E-state index contributed by atoms with van der Waals surface area (Å²) in [5.74, 6) is -2.67. The molecular formula is C30H32F2N6O6. The van der Waals surface area contributed by atoms with Gasteiger partial charge < -0.3 is 29.9 Å². The number of benzene rings is 1. The summed E-state index contributed by atoms with van der Waals surface area (Å²) in [6, 6.07) is 5.32. The van der Waals surface area contributed by atoms with Gasteiger partial charge in [-0.2, -0.15) is 4.98 Å². The van der Waals surface area contributed by atoms with Crippen LogP contribution in [0.2, 0.25) is 0 Å². The van der Waals surface area contributed by atoms with Crippen LogP contribution in [0, 0.1) is 11.6 Å². The lowest BCUT2D eigenvalue weighted by atomic mass is 10.1. The number of aliphatic hydroxyl groups is 1. The van der Waals surface area contributed by atoms with E-state index in [0.29, 0.717) is 5.69 Å². The summed E-state index contributed by atoms with van der Waals surface area (Å²) in [6.45, 7) is 7.04. The zero-order valence-corrected chi connectivity index (χ0v) is 24.5. The van der Waals surface area contributed by atoms with E-state index in [9.17, 15) is 29.3 Å². The SMILES string of the molecule is CC(C)c1nccc(OCCO)c1-n1c(=O)nc(N2C[C@@H](C)N(C(=O)O)C[C@@H]2C)c2cc(F)c(-c3cccc(F)c3O)nc21. The Morgan fingerprint density at radius 2 is 1.86 bits per heavy atom. The maximum atomic E-state index is 15.9. The summed E-state index contributed by atoms with van der Waals surface area (Å²) in [5, 5.41) is 29.6. The van der Waals surface area contributed by atoms with Gasteiger partial charge in [-0.1, -0.05) is 19.9 Å². The van der Waals surface area contributed by atoms with Crippen molar-refractivity contribution in [3.05, 3.63) is 64.3 Å². The summed E-state index contributed by atoms with van der Waals surface area (Å²) in [5.41, 5.74) is -0.933. The number of rotatable bonds is 7. The molecule has 0 spiro atoms. The number of pyridine rings is 2. The van der Waals surface area contributed by atoms with Crippen LogP contribution < -0.4 is 15.3 Å². The number of nitrogens with zero attached hydrogens (tertiary/aromatic N) is 6. The van der Waals surface area contributed by atoms with E-state index in [4.69, 9.17) is 4.74 Å². The van der Waals surface area contributed by atoms with Crippen molar-refractivity contribution in [1.29, 1.82) is 0 Å². The Labute approximate surface area is 250 Å². The van der Waals surface area contributed by atoms with Crippen LogP contribution in [0.3, 0.4) is 0 Å². The van der Waals surface area contributed by atoms with Gasteiger partial charge in [0, 0.05) is 43.0 Å². The predicted molar refractivity (Wildman–Crippen MR) is 158 cm³/mol. The normalized spacial score (nSPS) is 17.0. The number of aliphatic hydroxyl groups excluding tert-OH is 1. The molecule has 1 aromatic carbocycles. The number of carbonyl (C=O) groups is 1. The smallest absolute Gasteiger partial charge is 0.407 e. The van der Waals surface area contributed by atoms with E-state index in [1.807, 2.05) is 13.8 Å². The summed E-state index contributed by atoms with van der Waals surface area (Å²) in [6.07, 6.45) is 0.409. The van der Waals surface area contributed by atoms with Crippen LogP contribution >= 0.6 is 0 Å². The Kier molecular flexibility index (Phi) is 8.37. The molecule has 0 aliphatic carbocycles. The number of aromatic nitrogens is 4. The fraction of sp³-hybridized carbons (Fsp3) is 0.367. The number of hydrogen-bond acceptors (Lipinski definition) is 9. The Morgan fingerprint density at radius 3 is 2.55 bits per heavy atom. The van der Waals surface area contributed by atoms with Crippen molar-refractivity contribution in [2.75, 3.05) is 31.2 Å². The Morgan fingerprint density at radius 1 is 1.11 bits per heavy atom. The highest BCUT2D eigenvalue weighted by molar-refractivity contribution is 5.91. The van der Waals surface area contributed by atoms with Crippen molar-refractivity contribution < 1.29 is 33.6 Å². The van der Waals surface area contributed by atoms with Gasteiger partial charge in [0.05, 0.1) is 17.7 Å². The average Bonchev–Trinajstić information content (AvgIpc) is 2.98. The number of fused-ring (bicyclic) bond motifs is 1. The third-order valence-corrected chi connectivity index (χ3v) is 7.58. The number of hydrogen-bond donors (Lipinski definition) is 3. The van der Waals surface area contributed by atoms with E-state index in [0.717, 1.165) is 16.7 Å². The molecular weight excluding hydrogens is 578 g/mol. The second kappa shape index (κ2) is 12.0. The minimum atomic E-state index is -1.09. The Balaban J connectivity index is 1.86. The Bertz CT molecular complexity index is 1800. The molecule has 1 amide bonds. The third kappa shape index (κ3) is 5.36. The molecule has 5 rings (SSSR count).